The van der Waals surface area contributed by atoms with Gasteiger partial charge in [-0.3, -0.25) is 0 Å². The van der Waals surface area contributed by atoms with E-state index < -0.39 is 0 Å². The van der Waals surface area contributed by atoms with Gasteiger partial charge in [0.05, 0.1) is 18.8 Å². The Morgan fingerprint density at radius 2 is 1.85 bits per heavy atom. The molecule has 0 saturated heterocycles. The SMILES string of the molecule is COc1ccc(C(C)OC2(C)CCC2CC(C)C)cc1. The summed E-state index contributed by atoms with van der Waals surface area (Å²) in [7, 11) is 1.70. The molecular weight excluding hydrogens is 248 g/mol. The summed E-state index contributed by atoms with van der Waals surface area (Å²) in [5, 5.41) is 0. The molecule has 1 aliphatic rings. The molecule has 2 rings (SSSR count). The Kier molecular flexibility index (Phi) is 4.74. The lowest BCUT2D eigenvalue weighted by Gasteiger charge is -2.49. The highest BCUT2D eigenvalue weighted by molar-refractivity contribution is 5.28. The number of methoxy groups -OCH3 is 1. The molecule has 20 heavy (non-hydrogen) atoms. The summed E-state index contributed by atoms with van der Waals surface area (Å²) in [6, 6.07) is 8.21. The van der Waals surface area contributed by atoms with Crippen LogP contribution < -0.4 is 4.74 Å². The van der Waals surface area contributed by atoms with Crippen LogP contribution in [0.4, 0.5) is 0 Å². The maximum Gasteiger partial charge on any atom is 0.118 e. The van der Waals surface area contributed by atoms with Crippen molar-refractivity contribution in [3.8, 4) is 5.75 Å². The first-order chi connectivity index (χ1) is 9.44. The van der Waals surface area contributed by atoms with Gasteiger partial charge in [0.1, 0.15) is 5.75 Å². The van der Waals surface area contributed by atoms with E-state index in [-0.39, 0.29) is 11.7 Å². The third kappa shape index (κ3) is 3.35. The average Bonchev–Trinajstić information content (AvgIpc) is 2.43. The normalized spacial score (nSPS) is 27.2. The van der Waals surface area contributed by atoms with Crippen molar-refractivity contribution >= 4 is 0 Å². The van der Waals surface area contributed by atoms with Crippen LogP contribution in [-0.4, -0.2) is 12.7 Å². The third-order valence-corrected chi connectivity index (χ3v) is 4.64. The molecule has 0 N–H and O–H groups in total. The van der Waals surface area contributed by atoms with Crippen LogP contribution in [0.2, 0.25) is 0 Å². The highest BCUT2D eigenvalue weighted by Gasteiger charge is 2.44. The maximum atomic E-state index is 6.41. The summed E-state index contributed by atoms with van der Waals surface area (Å²) in [6.45, 7) is 9.03. The number of hydrogen-bond acceptors (Lipinski definition) is 2. The van der Waals surface area contributed by atoms with Gasteiger partial charge in [-0.2, -0.15) is 0 Å². The van der Waals surface area contributed by atoms with Gasteiger partial charge in [-0.05, 0) is 62.6 Å². The van der Waals surface area contributed by atoms with E-state index in [1.165, 1.54) is 24.8 Å². The van der Waals surface area contributed by atoms with Crippen molar-refractivity contribution in [3.05, 3.63) is 29.8 Å². The first-order valence-corrected chi connectivity index (χ1v) is 7.76. The number of ether oxygens (including phenoxy) is 2. The van der Waals surface area contributed by atoms with E-state index in [0.29, 0.717) is 5.92 Å². The van der Waals surface area contributed by atoms with E-state index >= 15 is 0 Å². The molecule has 0 amide bonds. The van der Waals surface area contributed by atoms with Crippen LogP contribution in [0.15, 0.2) is 24.3 Å². The summed E-state index contributed by atoms with van der Waals surface area (Å²) in [6.07, 6.45) is 3.90. The van der Waals surface area contributed by atoms with Crippen LogP contribution in [0, 0.1) is 11.8 Å². The van der Waals surface area contributed by atoms with Crippen molar-refractivity contribution in [2.45, 2.75) is 58.7 Å². The lowest BCUT2D eigenvalue weighted by molar-refractivity contribution is -0.168. The Bertz CT molecular complexity index is 424. The molecule has 1 aliphatic carbocycles. The van der Waals surface area contributed by atoms with Crippen molar-refractivity contribution in [2.24, 2.45) is 11.8 Å². The van der Waals surface area contributed by atoms with Crippen molar-refractivity contribution in [2.75, 3.05) is 7.11 Å². The largest absolute Gasteiger partial charge is 0.497 e. The monoisotopic (exact) mass is 276 g/mol. The van der Waals surface area contributed by atoms with Crippen molar-refractivity contribution in [3.63, 3.8) is 0 Å². The van der Waals surface area contributed by atoms with Crippen molar-refractivity contribution < 1.29 is 9.47 Å². The lowest BCUT2D eigenvalue weighted by Crippen LogP contribution is -2.47. The Morgan fingerprint density at radius 3 is 2.30 bits per heavy atom. The summed E-state index contributed by atoms with van der Waals surface area (Å²) < 4.78 is 11.6. The van der Waals surface area contributed by atoms with Crippen LogP contribution >= 0.6 is 0 Å². The van der Waals surface area contributed by atoms with Crippen LogP contribution in [0.1, 0.15) is 58.6 Å². The van der Waals surface area contributed by atoms with E-state index in [4.69, 9.17) is 9.47 Å². The molecular formula is C18H28O2. The van der Waals surface area contributed by atoms with Gasteiger partial charge in [0.2, 0.25) is 0 Å². The van der Waals surface area contributed by atoms with Crippen molar-refractivity contribution in [1.29, 1.82) is 0 Å². The molecule has 3 atom stereocenters. The van der Waals surface area contributed by atoms with Gasteiger partial charge in [-0.15, -0.1) is 0 Å². The molecule has 0 radical (unpaired) electrons. The molecule has 0 aliphatic heterocycles. The predicted octanol–water partition coefficient (Wildman–Crippen LogP) is 4.99. The Hall–Kier alpha value is -1.02. The zero-order valence-electron chi connectivity index (χ0n) is 13.5. The standard InChI is InChI=1S/C18H28O2/c1-13(2)12-16-10-11-18(16,4)20-14(3)15-6-8-17(19-5)9-7-15/h6-9,13-14,16H,10-12H2,1-5H3. The molecule has 2 heteroatoms. The maximum absolute atomic E-state index is 6.41. The zero-order chi connectivity index (χ0) is 14.8. The average molecular weight is 276 g/mol. The Balaban J connectivity index is 1.97. The second-order valence-corrected chi connectivity index (χ2v) is 6.71. The van der Waals surface area contributed by atoms with Gasteiger partial charge in [0, 0.05) is 0 Å². The lowest BCUT2D eigenvalue weighted by atomic mass is 9.67. The third-order valence-electron chi connectivity index (χ3n) is 4.64. The highest BCUT2D eigenvalue weighted by atomic mass is 16.5. The van der Waals surface area contributed by atoms with Crippen LogP contribution in [0.25, 0.3) is 0 Å². The topological polar surface area (TPSA) is 18.5 Å². The predicted molar refractivity (Wildman–Crippen MR) is 83.1 cm³/mol. The number of benzene rings is 1. The van der Waals surface area contributed by atoms with Gasteiger partial charge in [-0.1, -0.05) is 26.0 Å². The molecule has 0 bridgehead atoms. The fraction of sp³-hybridized carbons (Fsp3) is 0.667. The van der Waals surface area contributed by atoms with Crippen molar-refractivity contribution in [1.82, 2.24) is 0 Å². The molecule has 3 unspecified atom stereocenters. The smallest absolute Gasteiger partial charge is 0.118 e. The summed E-state index contributed by atoms with van der Waals surface area (Å²) in [5.74, 6) is 2.36. The Morgan fingerprint density at radius 1 is 1.20 bits per heavy atom. The van der Waals surface area contributed by atoms with Gasteiger partial charge in [0.15, 0.2) is 0 Å². The molecule has 1 saturated carbocycles. The first kappa shape index (κ1) is 15.4. The molecule has 1 aromatic carbocycles. The van der Waals surface area contributed by atoms with E-state index in [1.54, 1.807) is 7.11 Å². The summed E-state index contributed by atoms with van der Waals surface area (Å²) in [5.41, 5.74) is 1.28. The molecule has 1 aromatic rings. The van der Waals surface area contributed by atoms with Crippen LogP contribution in [0.5, 0.6) is 5.75 Å². The minimum absolute atomic E-state index is 0.0591. The minimum atomic E-state index is 0.0591. The molecule has 0 spiro atoms. The van der Waals surface area contributed by atoms with E-state index in [1.807, 2.05) is 12.1 Å². The number of rotatable bonds is 6. The van der Waals surface area contributed by atoms with Crippen LogP contribution in [0.3, 0.4) is 0 Å². The summed E-state index contributed by atoms with van der Waals surface area (Å²) in [4.78, 5) is 0. The van der Waals surface area contributed by atoms with E-state index in [0.717, 1.165) is 11.7 Å². The molecule has 1 fully saturated rings. The number of hydrogen-bond donors (Lipinski definition) is 0. The van der Waals surface area contributed by atoms with E-state index in [9.17, 15) is 0 Å². The highest BCUT2D eigenvalue weighted by Crippen LogP contribution is 2.47. The van der Waals surface area contributed by atoms with Crippen LogP contribution in [-0.2, 0) is 4.74 Å². The van der Waals surface area contributed by atoms with Gasteiger partial charge in [0.25, 0.3) is 0 Å². The van der Waals surface area contributed by atoms with E-state index in [2.05, 4.69) is 39.8 Å². The fourth-order valence-corrected chi connectivity index (χ4v) is 3.19. The fourth-order valence-electron chi connectivity index (χ4n) is 3.19. The molecule has 0 aromatic heterocycles. The Labute approximate surface area is 123 Å². The molecule has 0 heterocycles. The van der Waals surface area contributed by atoms with Gasteiger partial charge < -0.3 is 9.47 Å². The van der Waals surface area contributed by atoms with Gasteiger partial charge >= 0.3 is 0 Å². The minimum Gasteiger partial charge on any atom is -0.497 e. The zero-order valence-corrected chi connectivity index (χ0v) is 13.5. The van der Waals surface area contributed by atoms with Gasteiger partial charge in [-0.25, -0.2) is 0 Å². The second-order valence-electron chi connectivity index (χ2n) is 6.71. The molecule has 112 valence electrons. The quantitative estimate of drug-likeness (QED) is 0.729. The first-order valence-electron chi connectivity index (χ1n) is 7.76. The molecule has 2 nitrogen and oxygen atoms in total. The summed E-state index contributed by atoms with van der Waals surface area (Å²) >= 11 is 0. The second kappa shape index (κ2) is 6.17.